The third kappa shape index (κ3) is 3.99. The molecule has 3 aromatic heterocycles. The number of thiazole rings is 1. The van der Waals surface area contributed by atoms with Crippen LogP contribution in [0.5, 0.6) is 0 Å². The minimum atomic E-state index is 0.0574. The van der Waals surface area contributed by atoms with Crippen molar-refractivity contribution in [1.82, 2.24) is 24.6 Å². The number of rotatable bonds is 6. The van der Waals surface area contributed by atoms with Gasteiger partial charge in [0.15, 0.2) is 16.7 Å². The first-order chi connectivity index (χ1) is 15.2. The molecule has 9 heteroatoms. The molecule has 5 rings (SSSR count). The van der Waals surface area contributed by atoms with Gasteiger partial charge in [0.25, 0.3) is 0 Å². The van der Waals surface area contributed by atoms with Crippen molar-refractivity contribution in [3.63, 3.8) is 0 Å². The second-order valence-electron chi connectivity index (χ2n) is 7.43. The van der Waals surface area contributed by atoms with E-state index in [1.165, 1.54) is 16.5 Å². The highest BCUT2D eigenvalue weighted by Gasteiger charge is 2.30. The van der Waals surface area contributed by atoms with Gasteiger partial charge in [-0.3, -0.25) is 9.36 Å². The lowest BCUT2D eigenvalue weighted by Crippen LogP contribution is -2.39. The topological polar surface area (TPSA) is 77.1 Å². The largest absolute Gasteiger partial charge is 0.461 e. The summed E-state index contributed by atoms with van der Waals surface area (Å²) < 4.78 is 8.63. The van der Waals surface area contributed by atoms with Crippen LogP contribution in [0.1, 0.15) is 37.2 Å². The van der Waals surface area contributed by atoms with Crippen LogP contribution in [0.15, 0.2) is 52.2 Å². The summed E-state index contributed by atoms with van der Waals surface area (Å²) >= 11 is 3.13. The van der Waals surface area contributed by atoms with Gasteiger partial charge < -0.3 is 9.32 Å². The number of hydrogen-bond acceptors (Lipinski definition) is 7. The normalized spacial score (nSPS) is 16.8. The number of carbonyl (C=O) groups is 1. The number of benzene rings is 1. The standard InChI is InChI=1S/C22H23N5O2S2/c1-2-26-20(17-10-7-13-29-17)24-25-22(26)30-14-19(28)27-12-6-5-9-16(27)21-23-15-8-3-4-11-18(15)31-21/h3-4,7-8,10-11,13,16H,2,5-6,9,12,14H2,1H3. The zero-order valence-corrected chi connectivity index (χ0v) is 18.9. The van der Waals surface area contributed by atoms with Crippen LogP contribution in [0.2, 0.25) is 0 Å². The third-order valence-electron chi connectivity index (χ3n) is 5.52. The minimum Gasteiger partial charge on any atom is -0.461 e. The molecule has 0 spiro atoms. The molecular weight excluding hydrogens is 430 g/mol. The van der Waals surface area contributed by atoms with Crippen molar-refractivity contribution >= 4 is 39.2 Å². The molecule has 0 aliphatic carbocycles. The number of furan rings is 1. The number of hydrogen-bond donors (Lipinski definition) is 0. The molecule has 0 radical (unpaired) electrons. The minimum absolute atomic E-state index is 0.0574. The lowest BCUT2D eigenvalue weighted by Gasteiger charge is -2.34. The van der Waals surface area contributed by atoms with Crippen LogP contribution in [0, 0.1) is 0 Å². The number of para-hydroxylation sites is 1. The molecule has 1 aliphatic heterocycles. The van der Waals surface area contributed by atoms with Crippen molar-refractivity contribution < 1.29 is 9.21 Å². The second-order valence-corrected chi connectivity index (χ2v) is 9.44. The quantitative estimate of drug-likeness (QED) is 0.382. The van der Waals surface area contributed by atoms with E-state index in [0.29, 0.717) is 23.9 Å². The summed E-state index contributed by atoms with van der Waals surface area (Å²) in [4.78, 5) is 20.0. The van der Waals surface area contributed by atoms with E-state index in [1.807, 2.05) is 46.7 Å². The SMILES string of the molecule is CCn1c(SCC(=O)N2CCCCC2c2nc3ccccc3s2)nnc1-c1ccco1. The maximum atomic E-state index is 13.2. The molecule has 0 bridgehead atoms. The average molecular weight is 454 g/mol. The summed E-state index contributed by atoms with van der Waals surface area (Å²) in [7, 11) is 0. The van der Waals surface area contributed by atoms with E-state index in [1.54, 1.807) is 17.6 Å². The van der Waals surface area contributed by atoms with E-state index in [0.717, 1.165) is 41.5 Å². The first kappa shape index (κ1) is 20.3. The van der Waals surface area contributed by atoms with Gasteiger partial charge in [0.2, 0.25) is 5.91 Å². The first-order valence-corrected chi connectivity index (χ1v) is 12.3. The van der Waals surface area contributed by atoms with Crippen LogP contribution >= 0.6 is 23.1 Å². The Hall–Kier alpha value is -2.65. The fourth-order valence-corrected chi connectivity index (χ4v) is 6.00. The van der Waals surface area contributed by atoms with Gasteiger partial charge in [-0.25, -0.2) is 4.98 Å². The summed E-state index contributed by atoms with van der Waals surface area (Å²) in [5, 5.41) is 10.3. The molecule has 1 aliphatic rings. The number of nitrogens with zero attached hydrogens (tertiary/aromatic N) is 5. The van der Waals surface area contributed by atoms with E-state index < -0.39 is 0 Å². The highest BCUT2D eigenvalue weighted by atomic mass is 32.2. The van der Waals surface area contributed by atoms with Gasteiger partial charge in [0, 0.05) is 13.1 Å². The Morgan fingerprint density at radius 1 is 1.23 bits per heavy atom. The summed E-state index contributed by atoms with van der Waals surface area (Å²) in [6.45, 7) is 3.52. The predicted octanol–water partition coefficient (Wildman–Crippen LogP) is 5.01. The van der Waals surface area contributed by atoms with Crippen LogP contribution in [0.25, 0.3) is 21.8 Å². The van der Waals surface area contributed by atoms with Crippen LogP contribution in [0.3, 0.4) is 0 Å². The Morgan fingerprint density at radius 3 is 2.94 bits per heavy atom. The number of likely N-dealkylation sites (tertiary alicyclic amines) is 1. The van der Waals surface area contributed by atoms with Crippen molar-refractivity contribution in [3.05, 3.63) is 47.7 Å². The molecule has 4 heterocycles. The lowest BCUT2D eigenvalue weighted by molar-refractivity contribution is -0.132. The molecule has 1 fully saturated rings. The van der Waals surface area contributed by atoms with Crippen molar-refractivity contribution in [2.24, 2.45) is 0 Å². The highest BCUT2D eigenvalue weighted by Crippen LogP contribution is 2.36. The molecule has 4 aromatic rings. The number of aromatic nitrogens is 4. The van der Waals surface area contributed by atoms with Gasteiger partial charge in [0.1, 0.15) is 5.01 Å². The van der Waals surface area contributed by atoms with Gasteiger partial charge in [-0.05, 0) is 50.5 Å². The van der Waals surface area contributed by atoms with E-state index in [2.05, 4.69) is 16.3 Å². The molecule has 31 heavy (non-hydrogen) atoms. The van der Waals surface area contributed by atoms with Crippen LogP contribution in [-0.2, 0) is 11.3 Å². The Balaban J connectivity index is 1.32. The Kier molecular flexibility index (Phi) is 5.78. The summed E-state index contributed by atoms with van der Waals surface area (Å²) in [6.07, 6.45) is 4.74. The van der Waals surface area contributed by atoms with E-state index in [9.17, 15) is 4.79 Å². The highest BCUT2D eigenvalue weighted by molar-refractivity contribution is 7.99. The fourth-order valence-electron chi connectivity index (χ4n) is 4.00. The van der Waals surface area contributed by atoms with Gasteiger partial charge in [-0.1, -0.05) is 23.9 Å². The number of carbonyl (C=O) groups excluding carboxylic acids is 1. The molecular formula is C22H23N5O2S2. The Bertz CT molecular complexity index is 1150. The van der Waals surface area contributed by atoms with Gasteiger partial charge in [-0.2, -0.15) is 0 Å². The molecule has 0 N–H and O–H groups in total. The van der Waals surface area contributed by atoms with Crippen molar-refractivity contribution in [1.29, 1.82) is 0 Å². The second kappa shape index (κ2) is 8.84. The van der Waals surface area contributed by atoms with Crippen LogP contribution in [0.4, 0.5) is 0 Å². The number of thioether (sulfide) groups is 1. The van der Waals surface area contributed by atoms with E-state index in [4.69, 9.17) is 9.40 Å². The van der Waals surface area contributed by atoms with Crippen molar-refractivity contribution in [2.75, 3.05) is 12.3 Å². The smallest absolute Gasteiger partial charge is 0.233 e. The number of piperidine rings is 1. The van der Waals surface area contributed by atoms with Crippen LogP contribution in [-0.4, -0.2) is 42.9 Å². The molecule has 1 saturated heterocycles. The van der Waals surface area contributed by atoms with E-state index >= 15 is 0 Å². The first-order valence-electron chi connectivity index (χ1n) is 10.5. The molecule has 1 aromatic carbocycles. The maximum absolute atomic E-state index is 13.2. The fraction of sp³-hybridized carbons (Fsp3) is 0.364. The summed E-state index contributed by atoms with van der Waals surface area (Å²) in [6, 6.07) is 11.9. The van der Waals surface area contributed by atoms with Gasteiger partial charge in [-0.15, -0.1) is 21.5 Å². The zero-order chi connectivity index (χ0) is 21.2. The number of fused-ring (bicyclic) bond motifs is 1. The summed E-state index contributed by atoms with van der Waals surface area (Å²) in [5.74, 6) is 1.82. The number of amides is 1. The lowest BCUT2D eigenvalue weighted by atomic mass is 10.0. The molecule has 160 valence electrons. The van der Waals surface area contributed by atoms with Crippen LogP contribution < -0.4 is 0 Å². The Labute approximate surface area is 188 Å². The predicted molar refractivity (Wildman–Crippen MR) is 122 cm³/mol. The van der Waals surface area contributed by atoms with E-state index in [-0.39, 0.29) is 11.9 Å². The molecule has 1 atom stereocenters. The van der Waals surface area contributed by atoms with Crippen molar-refractivity contribution in [3.8, 4) is 11.6 Å². The molecule has 0 saturated carbocycles. The maximum Gasteiger partial charge on any atom is 0.233 e. The molecule has 1 amide bonds. The Morgan fingerprint density at radius 2 is 2.13 bits per heavy atom. The average Bonchev–Trinajstić information content (AvgIpc) is 3.56. The van der Waals surface area contributed by atoms with Gasteiger partial charge >= 0.3 is 0 Å². The molecule has 7 nitrogen and oxygen atoms in total. The van der Waals surface area contributed by atoms with Crippen molar-refractivity contribution in [2.45, 2.75) is 43.9 Å². The zero-order valence-electron chi connectivity index (χ0n) is 17.2. The van der Waals surface area contributed by atoms with Gasteiger partial charge in [0.05, 0.1) is 28.3 Å². The monoisotopic (exact) mass is 453 g/mol. The molecule has 1 unspecified atom stereocenters. The summed E-state index contributed by atoms with van der Waals surface area (Å²) in [5.41, 5.74) is 1.01. The third-order valence-corrected chi connectivity index (χ3v) is 7.61.